The van der Waals surface area contributed by atoms with Crippen LogP contribution in [-0.2, 0) is 9.53 Å². The van der Waals surface area contributed by atoms with Crippen LogP contribution in [0, 0.1) is 5.92 Å². The first-order valence-corrected chi connectivity index (χ1v) is 6.68. The third kappa shape index (κ3) is 3.19. The Balaban J connectivity index is 1.82. The number of carbonyl (C=O) groups excluding carboxylic acids is 1. The van der Waals surface area contributed by atoms with E-state index >= 15 is 0 Å². The summed E-state index contributed by atoms with van der Waals surface area (Å²) in [6.07, 6.45) is 5.99. The molecule has 1 saturated carbocycles. The van der Waals surface area contributed by atoms with Crippen LogP contribution in [-0.4, -0.2) is 43.2 Å². The zero-order valence-electron chi connectivity index (χ0n) is 10.8. The van der Waals surface area contributed by atoms with Crippen LogP contribution >= 0.6 is 0 Å². The van der Waals surface area contributed by atoms with Crippen molar-refractivity contribution >= 4 is 5.91 Å². The molecule has 1 atom stereocenters. The van der Waals surface area contributed by atoms with E-state index < -0.39 is 0 Å². The second-order valence-electron chi connectivity index (χ2n) is 5.70. The van der Waals surface area contributed by atoms with E-state index in [4.69, 9.17) is 10.5 Å². The Morgan fingerprint density at radius 2 is 2.24 bits per heavy atom. The van der Waals surface area contributed by atoms with E-state index in [1.807, 2.05) is 4.90 Å². The van der Waals surface area contributed by atoms with E-state index in [2.05, 4.69) is 0 Å². The third-order valence-electron chi connectivity index (χ3n) is 4.13. The molecule has 1 unspecified atom stereocenters. The Morgan fingerprint density at radius 3 is 2.82 bits per heavy atom. The van der Waals surface area contributed by atoms with Crippen LogP contribution in [0.2, 0.25) is 0 Å². The fraction of sp³-hybridized carbons (Fsp3) is 0.923. The van der Waals surface area contributed by atoms with Gasteiger partial charge in [-0.2, -0.15) is 0 Å². The lowest BCUT2D eigenvalue weighted by Crippen LogP contribution is -2.52. The maximum Gasteiger partial charge on any atom is 0.224 e. The van der Waals surface area contributed by atoms with Gasteiger partial charge in [0.2, 0.25) is 5.91 Å². The van der Waals surface area contributed by atoms with Gasteiger partial charge in [-0.15, -0.1) is 0 Å². The number of likely N-dealkylation sites (tertiary alicyclic amines) is 1. The molecule has 2 aliphatic rings. The molecule has 1 aliphatic heterocycles. The highest BCUT2D eigenvalue weighted by atomic mass is 16.5. The SMILES string of the molecule is COCC1CCCN(C(=O)CC2(N)CCC2)C1. The lowest BCUT2D eigenvalue weighted by molar-refractivity contribution is -0.135. The molecular formula is C13H24N2O2. The molecule has 0 bridgehead atoms. The van der Waals surface area contributed by atoms with Gasteiger partial charge in [-0.1, -0.05) is 0 Å². The molecule has 2 N–H and O–H groups in total. The minimum Gasteiger partial charge on any atom is -0.384 e. The number of piperidine rings is 1. The van der Waals surface area contributed by atoms with Gasteiger partial charge in [-0.25, -0.2) is 0 Å². The topological polar surface area (TPSA) is 55.6 Å². The van der Waals surface area contributed by atoms with E-state index in [1.54, 1.807) is 7.11 Å². The van der Waals surface area contributed by atoms with Crippen LogP contribution in [0.25, 0.3) is 0 Å². The van der Waals surface area contributed by atoms with E-state index in [0.29, 0.717) is 12.3 Å². The standard InChI is InChI=1S/C13H24N2O2/c1-17-10-11-4-2-7-15(9-11)12(16)8-13(14)5-3-6-13/h11H,2-10,14H2,1H3. The minimum absolute atomic E-state index is 0.189. The highest BCUT2D eigenvalue weighted by Crippen LogP contribution is 2.33. The van der Waals surface area contributed by atoms with Crippen molar-refractivity contribution in [3.63, 3.8) is 0 Å². The van der Waals surface area contributed by atoms with Gasteiger partial charge in [0.1, 0.15) is 0 Å². The summed E-state index contributed by atoms with van der Waals surface area (Å²) in [4.78, 5) is 14.1. The van der Waals surface area contributed by atoms with E-state index in [-0.39, 0.29) is 11.4 Å². The maximum atomic E-state index is 12.2. The first kappa shape index (κ1) is 12.8. The lowest BCUT2D eigenvalue weighted by atomic mass is 9.75. The molecule has 0 aromatic carbocycles. The molecule has 1 saturated heterocycles. The van der Waals surface area contributed by atoms with Gasteiger partial charge in [0, 0.05) is 32.2 Å². The quantitative estimate of drug-likeness (QED) is 0.802. The molecule has 1 heterocycles. The summed E-state index contributed by atoms with van der Waals surface area (Å²) in [6, 6.07) is 0. The molecule has 0 spiro atoms. The number of rotatable bonds is 4. The first-order valence-electron chi connectivity index (χ1n) is 6.68. The summed E-state index contributed by atoms with van der Waals surface area (Å²) in [5.41, 5.74) is 5.94. The normalized spacial score (nSPS) is 27.6. The fourth-order valence-corrected chi connectivity index (χ4v) is 2.88. The smallest absolute Gasteiger partial charge is 0.224 e. The molecule has 1 amide bonds. The molecular weight excluding hydrogens is 216 g/mol. The van der Waals surface area contributed by atoms with Crippen molar-refractivity contribution in [3.05, 3.63) is 0 Å². The second-order valence-corrected chi connectivity index (χ2v) is 5.70. The predicted octanol–water partition coefficient (Wildman–Crippen LogP) is 1.14. The Hall–Kier alpha value is -0.610. The molecule has 2 fully saturated rings. The van der Waals surface area contributed by atoms with Crippen LogP contribution in [0.5, 0.6) is 0 Å². The maximum absolute atomic E-state index is 12.2. The van der Waals surface area contributed by atoms with Gasteiger partial charge >= 0.3 is 0 Å². The number of nitrogens with two attached hydrogens (primary N) is 1. The van der Waals surface area contributed by atoms with E-state index in [1.165, 1.54) is 12.8 Å². The molecule has 4 nitrogen and oxygen atoms in total. The number of hydrogen-bond donors (Lipinski definition) is 1. The highest BCUT2D eigenvalue weighted by molar-refractivity contribution is 5.77. The highest BCUT2D eigenvalue weighted by Gasteiger charge is 2.36. The van der Waals surface area contributed by atoms with Gasteiger partial charge < -0.3 is 15.4 Å². The zero-order chi connectivity index (χ0) is 12.3. The summed E-state index contributed by atoms with van der Waals surface area (Å²) >= 11 is 0. The average molecular weight is 240 g/mol. The van der Waals surface area contributed by atoms with Crippen molar-refractivity contribution in [2.75, 3.05) is 26.8 Å². The molecule has 1 aliphatic carbocycles. The van der Waals surface area contributed by atoms with Crippen molar-refractivity contribution in [1.29, 1.82) is 0 Å². The molecule has 4 heteroatoms. The molecule has 2 rings (SSSR count). The Morgan fingerprint density at radius 1 is 1.47 bits per heavy atom. The van der Waals surface area contributed by atoms with E-state index in [0.717, 1.165) is 39.0 Å². The summed E-state index contributed by atoms with van der Waals surface area (Å²) in [5.74, 6) is 0.751. The average Bonchev–Trinajstić information content (AvgIpc) is 2.28. The number of nitrogens with zero attached hydrogens (tertiary/aromatic N) is 1. The molecule has 0 radical (unpaired) electrons. The number of amides is 1. The number of hydrogen-bond acceptors (Lipinski definition) is 3. The number of methoxy groups -OCH3 is 1. The van der Waals surface area contributed by atoms with Crippen molar-refractivity contribution < 1.29 is 9.53 Å². The Bertz CT molecular complexity index is 275. The monoisotopic (exact) mass is 240 g/mol. The van der Waals surface area contributed by atoms with Crippen molar-refractivity contribution in [1.82, 2.24) is 4.90 Å². The second kappa shape index (κ2) is 5.36. The summed E-state index contributed by atoms with van der Waals surface area (Å²) in [5, 5.41) is 0. The number of carbonyl (C=O) groups is 1. The largest absolute Gasteiger partial charge is 0.384 e. The predicted molar refractivity (Wildman–Crippen MR) is 66.6 cm³/mol. The fourth-order valence-electron chi connectivity index (χ4n) is 2.88. The van der Waals surface area contributed by atoms with Crippen LogP contribution in [0.3, 0.4) is 0 Å². The summed E-state index contributed by atoms with van der Waals surface area (Å²) in [7, 11) is 1.73. The van der Waals surface area contributed by atoms with Gasteiger partial charge in [0.25, 0.3) is 0 Å². The van der Waals surface area contributed by atoms with Crippen molar-refractivity contribution in [3.8, 4) is 0 Å². The van der Waals surface area contributed by atoms with Crippen LogP contribution in [0.1, 0.15) is 38.5 Å². The molecule has 98 valence electrons. The zero-order valence-corrected chi connectivity index (χ0v) is 10.8. The van der Waals surface area contributed by atoms with Crippen LogP contribution < -0.4 is 5.73 Å². The first-order chi connectivity index (χ1) is 8.13. The van der Waals surface area contributed by atoms with Gasteiger partial charge in [0.05, 0.1) is 6.61 Å². The van der Waals surface area contributed by atoms with Crippen molar-refractivity contribution in [2.24, 2.45) is 11.7 Å². The minimum atomic E-state index is -0.189. The number of ether oxygens (including phenoxy) is 1. The Labute approximate surface area is 103 Å². The third-order valence-corrected chi connectivity index (χ3v) is 4.13. The molecule has 0 aromatic heterocycles. The van der Waals surface area contributed by atoms with E-state index in [9.17, 15) is 4.79 Å². The van der Waals surface area contributed by atoms with Crippen molar-refractivity contribution in [2.45, 2.75) is 44.1 Å². The lowest BCUT2D eigenvalue weighted by Gasteiger charge is -2.40. The summed E-state index contributed by atoms with van der Waals surface area (Å²) < 4.78 is 5.18. The Kier molecular flexibility index (Phi) is 4.05. The van der Waals surface area contributed by atoms with Crippen LogP contribution in [0.4, 0.5) is 0 Å². The summed E-state index contributed by atoms with van der Waals surface area (Å²) in [6.45, 7) is 2.51. The van der Waals surface area contributed by atoms with Gasteiger partial charge in [-0.05, 0) is 38.0 Å². The van der Waals surface area contributed by atoms with Gasteiger partial charge in [0.15, 0.2) is 0 Å². The molecule has 17 heavy (non-hydrogen) atoms. The molecule has 0 aromatic rings. The van der Waals surface area contributed by atoms with Crippen LogP contribution in [0.15, 0.2) is 0 Å². The van der Waals surface area contributed by atoms with Gasteiger partial charge in [-0.3, -0.25) is 4.79 Å².